The summed E-state index contributed by atoms with van der Waals surface area (Å²) in [7, 11) is -4.04. The van der Waals surface area contributed by atoms with Crippen molar-refractivity contribution in [3.05, 3.63) is 25.3 Å². The minimum atomic E-state index is -4.04. The fourth-order valence-corrected chi connectivity index (χ4v) is 3.64. The smallest absolute Gasteiger partial charge is 0.330 e. The molecule has 0 spiro atoms. The normalized spacial score (nSPS) is 14.0. The van der Waals surface area contributed by atoms with E-state index in [1.807, 2.05) is 0 Å². The van der Waals surface area contributed by atoms with Gasteiger partial charge in [-0.25, -0.2) is 4.79 Å². The summed E-state index contributed by atoms with van der Waals surface area (Å²) in [5.74, 6) is -1.08. The van der Waals surface area contributed by atoms with Gasteiger partial charge in [0.05, 0.1) is 25.2 Å². The molecule has 0 aliphatic heterocycles. The van der Waals surface area contributed by atoms with Crippen molar-refractivity contribution in [2.75, 3.05) is 37.5 Å². The van der Waals surface area contributed by atoms with Crippen molar-refractivity contribution in [3.8, 4) is 0 Å². The summed E-state index contributed by atoms with van der Waals surface area (Å²) >= 11 is 1.26. The molecule has 0 aromatic carbocycles. The third kappa shape index (κ3) is 16.9. The van der Waals surface area contributed by atoms with Crippen LogP contribution in [0.25, 0.3) is 0 Å². The van der Waals surface area contributed by atoms with Crippen molar-refractivity contribution in [1.82, 2.24) is 5.32 Å². The van der Waals surface area contributed by atoms with Gasteiger partial charge in [0.2, 0.25) is 5.91 Å². The number of ether oxygens (including phenoxy) is 3. The molecule has 5 N–H and O–H groups in total. The second-order valence-electron chi connectivity index (χ2n) is 6.81. The first-order valence-electron chi connectivity index (χ1n) is 9.84. The molecule has 0 heterocycles. The second-order valence-corrected chi connectivity index (χ2v) is 9.66. The highest BCUT2D eigenvalue weighted by Gasteiger charge is 2.20. The zero-order chi connectivity index (χ0) is 24.6. The van der Waals surface area contributed by atoms with Crippen LogP contribution in [0.3, 0.4) is 0 Å². The van der Waals surface area contributed by atoms with Gasteiger partial charge in [-0.1, -0.05) is 12.7 Å². The van der Waals surface area contributed by atoms with Crippen LogP contribution in [0.15, 0.2) is 25.3 Å². The molecule has 0 aliphatic rings. The Balaban J connectivity index is 4.30. The van der Waals surface area contributed by atoms with E-state index >= 15 is 0 Å². The van der Waals surface area contributed by atoms with E-state index in [4.69, 9.17) is 29.7 Å². The Kier molecular flexibility index (Phi) is 16.0. The highest BCUT2D eigenvalue weighted by Crippen LogP contribution is 2.34. The Morgan fingerprint density at radius 3 is 2.50 bits per heavy atom. The molecule has 3 atom stereocenters. The molecular formula is C19H33N2O9PS. The topological polar surface area (TPSA) is 174 Å². The van der Waals surface area contributed by atoms with Gasteiger partial charge < -0.3 is 35.0 Å². The Hall–Kier alpha value is -1.69. The Bertz CT molecular complexity index is 671. The van der Waals surface area contributed by atoms with Gasteiger partial charge in [-0.2, -0.15) is 11.8 Å². The number of hydrogen-bond acceptors (Lipinski definition) is 9. The fraction of sp³-hybridized carbons (Fsp3) is 0.632. The van der Waals surface area contributed by atoms with Crippen LogP contribution >= 0.6 is 19.4 Å². The van der Waals surface area contributed by atoms with Crippen molar-refractivity contribution in [3.63, 3.8) is 0 Å². The summed E-state index contributed by atoms with van der Waals surface area (Å²) in [5, 5.41) is 2.69. The van der Waals surface area contributed by atoms with Gasteiger partial charge in [0.15, 0.2) is 0 Å². The van der Waals surface area contributed by atoms with Crippen LogP contribution in [-0.2, 0) is 33.2 Å². The van der Waals surface area contributed by atoms with Crippen molar-refractivity contribution in [1.29, 1.82) is 0 Å². The number of thioether (sulfide) groups is 1. The molecule has 0 aliphatic carbocycles. The molecule has 32 heavy (non-hydrogen) atoms. The molecule has 0 bridgehead atoms. The van der Waals surface area contributed by atoms with Gasteiger partial charge in [0.1, 0.15) is 12.7 Å². The lowest BCUT2D eigenvalue weighted by atomic mass is 10.3. The van der Waals surface area contributed by atoms with Gasteiger partial charge in [0, 0.05) is 30.2 Å². The van der Waals surface area contributed by atoms with Crippen LogP contribution in [-0.4, -0.2) is 83.3 Å². The number of hydrogen-bond donors (Lipinski definition) is 4. The van der Waals surface area contributed by atoms with Crippen LogP contribution < -0.4 is 11.1 Å². The minimum Gasteiger partial charge on any atom is -0.459 e. The van der Waals surface area contributed by atoms with E-state index in [-0.39, 0.29) is 56.4 Å². The number of nitrogens with one attached hydrogen (secondary N) is 1. The van der Waals surface area contributed by atoms with Crippen molar-refractivity contribution < 1.29 is 42.9 Å². The molecule has 0 saturated carbocycles. The Labute approximate surface area is 192 Å². The van der Waals surface area contributed by atoms with Gasteiger partial charge in [0.25, 0.3) is 0 Å². The van der Waals surface area contributed by atoms with E-state index in [1.165, 1.54) is 17.8 Å². The summed E-state index contributed by atoms with van der Waals surface area (Å²) in [5.41, 5.74) is 5.89. The van der Waals surface area contributed by atoms with E-state index in [0.717, 1.165) is 6.08 Å². The zero-order valence-electron chi connectivity index (χ0n) is 18.1. The number of esters is 2. The first-order chi connectivity index (χ1) is 15.0. The van der Waals surface area contributed by atoms with Crippen LogP contribution in [0.1, 0.15) is 19.8 Å². The third-order valence-electron chi connectivity index (χ3n) is 3.62. The lowest BCUT2D eigenvalue weighted by Crippen LogP contribution is -2.47. The Morgan fingerprint density at radius 1 is 1.22 bits per heavy atom. The summed E-state index contributed by atoms with van der Waals surface area (Å²) < 4.78 is 26.2. The second kappa shape index (κ2) is 16.9. The van der Waals surface area contributed by atoms with E-state index in [2.05, 4.69) is 18.5 Å². The molecule has 0 radical (unpaired) electrons. The monoisotopic (exact) mass is 496 g/mol. The maximum absolute atomic E-state index is 12.2. The van der Waals surface area contributed by atoms with Crippen LogP contribution in [0.2, 0.25) is 0 Å². The average molecular weight is 497 g/mol. The largest absolute Gasteiger partial charge is 0.459 e. The summed E-state index contributed by atoms with van der Waals surface area (Å²) in [6.45, 7) is 8.64. The van der Waals surface area contributed by atoms with E-state index in [0.29, 0.717) is 0 Å². The standard InChI is InChI=1S/C19H33N2O9PS/c1-4-7-18(23)30-15(11-29-17(22)5-2)12-32-13-16(20)19(24)21-14(3)10-28-8-6-9-31(25,26)27/h4-5,14-16H,1-2,6-13,20H2,3H3,(H,21,24)(H2,25,26,27). The molecule has 184 valence electrons. The van der Waals surface area contributed by atoms with Crippen molar-refractivity contribution >= 4 is 37.2 Å². The predicted octanol–water partition coefficient (Wildman–Crippen LogP) is 0.353. The van der Waals surface area contributed by atoms with Crippen LogP contribution in [0, 0.1) is 0 Å². The van der Waals surface area contributed by atoms with E-state index < -0.39 is 37.6 Å². The van der Waals surface area contributed by atoms with Crippen LogP contribution in [0.4, 0.5) is 0 Å². The summed E-state index contributed by atoms with van der Waals surface area (Å²) in [6, 6.07) is -1.18. The summed E-state index contributed by atoms with van der Waals surface area (Å²) in [4.78, 5) is 52.6. The number of nitrogens with two attached hydrogens (primary N) is 1. The quantitative estimate of drug-likeness (QED) is 0.0677. The summed E-state index contributed by atoms with van der Waals surface area (Å²) in [6.07, 6.45) is 1.64. The molecule has 1 amide bonds. The first-order valence-corrected chi connectivity index (χ1v) is 12.8. The number of amides is 1. The highest BCUT2D eigenvalue weighted by molar-refractivity contribution is 7.99. The number of rotatable bonds is 18. The minimum absolute atomic E-state index is 0.0117. The maximum Gasteiger partial charge on any atom is 0.330 e. The SMILES string of the molecule is C=CCC(=O)OC(COC(=O)C=C)CSCC(N)C(=O)NC(C)COCCCP(=O)(O)O. The van der Waals surface area contributed by atoms with Crippen molar-refractivity contribution in [2.24, 2.45) is 5.73 Å². The highest BCUT2D eigenvalue weighted by atomic mass is 32.2. The fourth-order valence-electron chi connectivity index (χ4n) is 2.13. The molecule has 0 saturated heterocycles. The zero-order valence-corrected chi connectivity index (χ0v) is 19.9. The van der Waals surface area contributed by atoms with Gasteiger partial charge in [-0.15, -0.1) is 6.58 Å². The average Bonchev–Trinajstić information content (AvgIpc) is 2.70. The third-order valence-corrected chi connectivity index (χ3v) is 5.72. The molecule has 0 aromatic heterocycles. The molecule has 3 unspecified atom stereocenters. The molecule has 0 rings (SSSR count). The van der Waals surface area contributed by atoms with Gasteiger partial charge >= 0.3 is 19.5 Å². The van der Waals surface area contributed by atoms with Gasteiger partial charge in [-0.3, -0.25) is 14.2 Å². The lowest BCUT2D eigenvalue weighted by Gasteiger charge is -2.19. The molecule has 13 heteroatoms. The lowest BCUT2D eigenvalue weighted by molar-refractivity contribution is -0.154. The van der Waals surface area contributed by atoms with Crippen LogP contribution in [0.5, 0.6) is 0 Å². The molecule has 0 fully saturated rings. The molecule has 0 aromatic rings. The van der Waals surface area contributed by atoms with Crippen molar-refractivity contribution in [2.45, 2.75) is 38.0 Å². The predicted molar refractivity (Wildman–Crippen MR) is 121 cm³/mol. The number of carbonyl (C=O) groups excluding carboxylic acids is 3. The van der Waals surface area contributed by atoms with E-state index in [9.17, 15) is 18.9 Å². The maximum atomic E-state index is 12.2. The number of carbonyl (C=O) groups is 3. The van der Waals surface area contributed by atoms with E-state index in [1.54, 1.807) is 6.92 Å². The first kappa shape index (κ1) is 30.3. The molecular weight excluding hydrogens is 463 g/mol. The molecule has 11 nitrogen and oxygen atoms in total. The van der Waals surface area contributed by atoms with Gasteiger partial charge in [-0.05, 0) is 13.3 Å². The Morgan fingerprint density at radius 2 is 1.91 bits per heavy atom.